The van der Waals surface area contributed by atoms with E-state index in [0.717, 1.165) is 22.4 Å². The first-order chi connectivity index (χ1) is 15.7. The fraction of sp³-hybridized carbons (Fsp3) is 0.308. The Balaban J connectivity index is 1.35. The molecule has 0 aliphatic carbocycles. The van der Waals surface area contributed by atoms with Crippen LogP contribution in [0.3, 0.4) is 0 Å². The van der Waals surface area contributed by atoms with Gasteiger partial charge in [-0.3, -0.25) is 9.59 Å². The van der Waals surface area contributed by atoms with Crippen LogP contribution in [0, 0.1) is 13.8 Å². The highest BCUT2D eigenvalue weighted by Gasteiger charge is 2.31. The van der Waals surface area contributed by atoms with Crippen LogP contribution in [-0.2, 0) is 25.8 Å². The van der Waals surface area contributed by atoms with Crippen molar-refractivity contribution in [2.24, 2.45) is 0 Å². The van der Waals surface area contributed by atoms with Crippen molar-refractivity contribution in [3.05, 3.63) is 83.2 Å². The molecule has 1 atom stereocenters. The highest BCUT2D eigenvalue weighted by molar-refractivity contribution is 7.91. The third kappa shape index (κ3) is 5.25. The highest BCUT2D eigenvalue weighted by Crippen LogP contribution is 2.29. The summed E-state index contributed by atoms with van der Waals surface area (Å²) in [7, 11) is -3.03. The molecule has 0 amide bonds. The molecule has 0 radical (unpaired) electrons. The Kier molecular flexibility index (Phi) is 6.51. The Morgan fingerprint density at radius 1 is 1.00 bits per heavy atom. The molecule has 172 valence electrons. The molecule has 4 rings (SSSR count). The van der Waals surface area contributed by atoms with Crippen molar-refractivity contribution in [1.82, 2.24) is 4.57 Å². The van der Waals surface area contributed by atoms with E-state index in [1.54, 1.807) is 13.0 Å². The average molecular weight is 466 g/mol. The van der Waals surface area contributed by atoms with Gasteiger partial charge in [0.15, 0.2) is 16.4 Å². The third-order valence-electron chi connectivity index (χ3n) is 6.13. The molecule has 7 heteroatoms. The van der Waals surface area contributed by atoms with E-state index in [1.165, 1.54) is 0 Å². The Morgan fingerprint density at radius 3 is 2.30 bits per heavy atom. The van der Waals surface area contributed by atoms with Gasteiger partial charge in [-0.15, -0.1) is 0 Å². The number of hydrogen-bond acceptors (Lipinski definition) is 5. The molecular weight excluding hydrogens is 438 g/mol. The summed E-state index contributed by atoms with van der Waals surface area (Å²) in [5.41, 5.74) is 5.00. The minimum atomic E-state index is -3.03. The van der Waals surface area contributed by atoms with Crippen LogP contribution in [0.2, 0.25) is 0 Å². The fourth-order valence-electron chi connectivity index (χ4n) is 4.49. The standard InChI is InChI=1S/C26H27NO5S/c1-18-14-24(19(2)27(18)23-12-13-33(30,31)17-23)25(28)16-32-26(29)15-20-8-10-22(11-9-20)21-6-4-3-5-7-21/h3-11,14,23H,12-13,15-17H2,1-2H3. The molecular formula is C26H27NO5S. The number of aryl methyl sites for hydroxylation is 1. The average Bonchev–Trinajstić information content (AvgIpc) is 3.30. The van der Waals surface area contributed by atoms with Gasteiger partial charge in [0.25, 0.3) is 0 Å². The Bertz CT molecular complexity index is 1270. The monoisotopic (exact) mass is 465 g/mol. The number of hydrogen-bond donors (Lipinski definition) is 0. The van der Waals surface area contributed by atoms with E-state index in [0.29, 0.717) is 17.7 Å². The first-order valence-electron chi connectivity index (χ1n) is 11.0. The molecule has 33 heavy (non-hydrogen) atoms. The molecule has 6 nitrogen and oxygen atoms in total. The lowest BCUT2D eigenvalue weighted by atomic mass is 10.0. The number of aromatic nitrogens is 1. The topological polar surface area (TPSA) is 82.4 Å². The summed E-state index contributed by atoms with van der Waals surface area (Å²) in [6.45, 7) is 3.33. The van der Waals surface area contributed by atoms with Crippen LogP contribution in [0.25, 0.3) is 11.1 Å². The Labute approximate surface area is 194 Å². The van der Waals surface area contributed by atoms with Crippen LogP contribution < -0.4 is 0 Å². The molecule has 0 bridgehead atoms. The maximum Gasteiger partial charge on any atom is 0.310 e. The van der Waals surface area contributed by atoms with Gasteiger partial charge in [0.2, 0.25) is 5.78 Å². The second-order valence-corrected chi connectivity index (χ2v) is 10.8. The van der Waals surface area contributed by atoms with Gasteiger partial charge in [-0.25, -0.2) is 8.42 Å². The molecule has 2 heterocycles. The van der Waals surface area contributed by atoms with Crippen LogP contribution >= 0.6 is 0 Å². The summed E-state index contributed by atoms with van der Waals surface area (Å²) in [4.78, 5) is 25.0. The predicted molar refractivity (Wildman–Crippen MR) is 127 cm³/mol. The highest BCUT2D eigenvalue weighted by atomic mass is 32.2. The number of benzene rings is 2. The summed E-state index contributed by atoms with van der Waals surface area (Å²) >= 11 is 0. The number of sulfone groups is 1. The molecule has 1 saturated heterocycles. The number of ketones is 1. The van der Waals surface area contributed by atoms with Crippen molar-refractivity contribution >= 4 is 21.6 Å². The quantitative estimate of drug-likeness (QED) is 0.388. The van der Waals surface area contributed by atoms with E-state index < -0.39 is 15.8 Å². The van der Waals surface area contributed by atoms with Crippen molar-refractivity contribution < 1.29 is 22.7 Å². The van der Waals surface area contributed by atoms with Crippen LogP contribution in [0.1, 0.15) is 39.8 Å². The van der Waals surface area contributed by atoms with E-state index >= 15 is 0 Å². The molecule has 0 N–H and O–H groups in total. The van der Waals surface area contributed by atoms with Gasteiger partial charge in [0, 0.05) is 23.0 Å². The molecule has 3 aromatic rings. The van der Waals surface area contributed by atoms with Gasteiger partial charge in [0.1, 0.15) is 0 Å². The second kappa shape index (κ2) is 9.35. The fourth-order valence-corrected chi connectivity index (χ4v) is 6.19. The van der Waals surface area contributed by atoms with Crippen LogP contribution in [0.4, 0.5) is 0 Å². The Morgan fingerprint density at radius 2 is 1.67 bits per heavy atom. The Hall–Kier alpha value is -3.19. The van der Waals surface area contributed by atoms with E-state index in [-0.39, 0.29) is 36.4 Å². The first-order valence-corrected chi connectivity index (χ1v) is 12.8. The zero-order chi connectivity index (χ0) is 23.6. The van der Waals surface area contributed by atoms with Gasteiger partial charge in [-0.1, -0.05) is 54.6 Å². The maximum absolute atomic E-state index is 12.7. The molecule has 0 spiro atoms. The minimum Gasteiger partial charge on any atom is -0.457 e. The normalized spacial score (nSPS) is 17.1. The van der Waals surface area contributed by atoms with E-state index in [1.807, 2.05) is 66.1 Å². The van der Waals surface area contributed by atoms with Gasteiger partial charge < -0.3 is 9.30 Å². The largest absolute Gasteiger partial charge is 0.457 e. The van der Waals surface area contributed by atoms with E-state index in [9.17, 15) is 18.0 Å². The van der Waals surface area contributed by atoms with Crippen molar-refractivity contribution in [3.8, 4) is 11.1 Å². The lowest BCUT2D eigenvalue weighted by Gasteiger charge is -2.16. The van der Waals surface area contributed by atoms with Gasteiger partial charge in [-0.2, -0.15) is 0 Å². The molecule has 1 aromatic heterocycles. The summed E-state index contributed by atoms with van der Waals surface area (Å²) < 4.78 is 30.9. The van der Waals surface area contributed by atoms with Crippen molar-refractivity contribution in [2.45, 2.75) is 32.7 Å². The third-order valence-corrected chi connectivity index (χ3v) is 7.88. The number of nitrogens with zero attached hydrogens (tertiary/aromatic N) is 1. The molecule has 1 fully saturated rings. The van der Waals surface area contributed by atoms with Gasteiger partial charge in [0.05, 0.1) is 17.9 Å². The number of esters is 1. The van der Waals surface area contributed by atoms with Gasteiger partial charge in [-0.05, 0) is 43.0 Å². The molecule has 1 unspecified atom stereocenters. The number of rotatable bonds is 7. The zero-order valence-corrected chi connectivity index (χ0v) is 19.6. The lowest BCUT2D eigenvalue weighted by Crippen LogP contribution is -2.17. The second-order valence-electron chi connectivity index (χ2n) is 8.54. The van der Waals surface area contributed by atoms with Gasteiger partial charge >= 0.3 is 5.97 Å². The van der Waals surface area contributed by atoms with Crippen molar-refractivity contribution in [1.29, 1.82) is 0 Å². The van der Waals surface area contributed by atoms with Crippen molar-refractivity contribution in [2.75, 3.05) is 18.1 Å². The zero-order valence-electron chi connectivity index (χ0n) is 18.8. The number of carbonyl (C=O) groups excluding carboxylic acids is 2. The molecule has 1 aliphatic rings. The van der Waals surface area contributed by atoms with E-state index in [2.05, 4.69) is 0 Å². The number of Topliss-reactive ketones (excluding diaryl/α,β-unsaturated/α-hetero) is 1. The summed E-state index contributed by atoms with van der Waals surface area (Å²) in [5, 5.41) is 0. The first kappa shape index (κ1) is 23.0. The summed E-state index contributed by atoms with van der Waals surface area (Å²) in [5.74, 6) is -0.494. The molecule has 0 saturated carbocycles. The van der Waals surface area contributed by atoms with E-state index in [4.69, 9.17) is 4.74 Å². The summed E-state index contributed by atoms with van der Waals surface area (Å²) in [6, 6.07) is 19.2. The van der Waals surface area contributed by atoms with Crippen LogP contribution in [0.5, 0.6) is 0 Å². The number of carbonyl (C=O) groups is 2. The maximum atomic E-state index is 12.7. The summed E-state index contributed by atoms with van der Waals surface area (Å²) in [6.07, 6.45) is 0.631. The predicted octanol–water partition coefficient (Wildman–Crippen LogP) is 4.10. The lowest BCUT2D eigenvalue weighted by molar-refractivity contribution is -0.141. The SMILES string of the molecule is Cc1cc(C(=O)COC(=O)Cc2ccc(-c3ccccc3)cc2)c(C)n1C1CCS(=O)(=O)C1. The molecule has 1 aliphatic heterocycles. The molecule has 2 aromatic carbocycles. The van der Waals surface area contributed by atoms with Crippen molar-refractivity contribution in [3.63, 3.8) is 0 Å². The minimum absolute atomic E-state index is 0.0846. The van der Waals surface area contributed by atoms with Crippen LogP contribution in [0.15, 0.2) is 60.7 Å². The van der Waals surface area contributed by atoms with Crippen LogP contribution in [-0.4, -0.2) is 42.9 Å². The smallest absolute Gasteiger partial charge is 0.310 e. The number of ether oxygens (including phenoxy) is 1.